The predicted octanol–water partition coefficient (Wildman–Crippen LogP) is 24.9. The number of nitrogen functional groups attached to an aromatic ring is 1. The highest BCUT2D eigenvalue weighted by Gasteiger charge is 2.37. The van der Waals surface area contributed by atoms with Crippen LogP contribution in [0.1, 0.15) is 114 Å². The number of aromatic nitrogens is 13. The van der Waals surface area contributed by atoms with Crippen molar-refractivity contribution in [2.45, 2.75) is 59.7 Å². The first-order chi connectivity index (χ1) is 52.0. The van der Waals surface area contributed by atoms with E-state index in [0.717, 1.165) is 93.3 Å². The van der Waals surface area contributed by atoms with Crippen LogP contribution in [-0.2, 0) is 33.6 Å². The molecular weight excluding hydrogens is 1870 g/mol. The lowest BCUT2D eigenvalue weighted by molar-refractivity contribution is 0.306. The van der Waals surface area contributed by atoms with Gasteiger partial charge < -0.3 is 34.1 Å². The number of unbranched alkanes of at least 4 members (excludes halogenated alkanes) is 2. The lowest BCUT2D eigenvalue weighted by Crippen LogP contribution is -2.19. The van der Waals surface area contributed by atoms with Crippen LogP contribution in [0.25, 0.3) is 64.7 Å². The molecule has 19 nitrogen and oxygen atoms in total. The van der Waals surface area contributed by atoms with Crippen molar-refractivity contribution < 1.29 is 18.9 Å². The molecule has 10 aromatic rings. The maximum Gasteiger partial charge on any atom is 0.250 e. The summed E-state index contributed by atoms with van der Waals surface area (Å²) in [6.07, 6.45) is 18.7. The van der Waals surface area contributed by atoms with Gasteiger partial charge >= 0.3 is 0 Å². The Morgan fingerprint density at radius 1 is 0.414 bits per heavy atom. The summed E-state index contributed by atoms with van der Waals surface area (Å²) in [6.45, 7) is 5.61. The number of rotatable bonds is 17. The fraction of sp³-hybridized carbons (Fsp3) is 0.239. The summed E-state index contributed by atoms with van der Waals surface area (Å²) in [4.78, 5) is 50.5. The minimum Gasteiger partial charge on any atom is -0.497 e. The number of halogens is 21. The van der Waals surface area contributed by atoms with E-state index in [1.807, 2.05) is 146 Å². The highest BCUT2D eigenvalue weighted by atomic mass is 35.6. The molecule has 1 aliphatic heterocycles. The Labute approximate surface area is 743 Å². The summed E-state index contributed by atoms with van der Waals surface area (Å²) >= 11 is 124. The summed E-state index contributed by atoms with van der Waals surface area (Å²) in [5.74, 6) is 3.70. The van der Waals surface area contributed by atoms with E-state index >= 15 is 0 Å². The maximum absolute atomic E-state index is 5.99. The molecule has 0 atom stereocenters. The van der Waals surface area contributed by atoms with Gasteiger partial charge in [0.2, 0.25) is 38.4 Å². The van der Waals surface area contributed by atoms with Gasteiger partial charge in [-0.25, -0.2) is 49.8 Å². The van der Waals surface area contributed by atoms with Crippen molar-refractivity contribution in [3.63, 3.8) is 0 Å². The molecule has 0 radical (unpaired) electrons. The normalized spacial score (nSPS) is 13.3. The van der Waals surface area contributed by atoms with Gasteiger partial charge in [0.05, 0.1) is 32.2 Å². The van der Waals surface area contributed by atoms with Crippen molar-refractivity contribution in [1.82, 2.24) is 64.4 Å². The Hall–Kier alpha value is -4.73. The maximum atomic E-state index is 5.99. The van der Waals surface area contributed by atoms with Crippen LogP contribution in [0.3, 0.4) is 0 Å². The number of nitrogens with zero attached hydrogens (tertiary/aromatic N) is 14. The number of hydrogen-bond donors (Lipinski definition) is 1. The van der Waals surface area contributed by atoms with Crippen LogP contribution in [0, 0.1) is 0 Å². The third kappa shape index (κ3) is 27.4. The summed E-state index contributed by atoms with van der Waals surface area (Å²) in [5.41, 5.74) is 12.4. The number of methoxy groups -OCH3 is 2. The van der Waals surface area contributed by atoms with Crippen LogP contribution in [0.5, 0.6) is 23.0 Å². The summed E-state index contributed by atoms with van der Waals surface area (Å²) in [7, 11) is 5.24. The topological polar surface area (TPSA) is 226 Å². The van der Waals surface area contributed by atoms with E-state index in [9.17, 15) is 0 Å². The summed E-state index contributed by atoms with van der Waals surface area (Å²) in [5, 5.41) is 1.03. The first-order valence-electron chi connectivity index (χ1n) is 31.9. The van der Waals surface area contributed by atoms with E-state index in [1.165, 1.54) is 0 Å². The number of fused-ring (bicyclic) bond motifs is 2. The van der Waals surface area contributed by atoms with Crippen LogP contribution in [-0.4, -0.2) is 91.7 Å². The molecule has 2 N–H and O–H groups in total. The van der Waals surface area contributed by atoms with Gasteiger partial charge in [0.1, 0.15) is 17.2 Å². The second-order valence-corrected chi connectivity index (χ2v) is 38.5. The lowest BCUT2D eigenvalue weighted by Gasteiger charge is -2.15. The molecule has 586 valence electrons. The van der Waals surface area contributed by atoms with Gasteiger partial charge in [-0.3, -0.25) is 0 Å². The van der Waals surface area contributed by atoms with Crippen LogP contribution < -0.4 is 29.6 Å². The van der Waals surface area contributed by atoms with E-state index in [1.54, 1.807) is 62.8 Å². The smallest absolute Gasteiger partial charge is 0.250 e. The van der Waals surface area contributed by atoms with Gasteiger partial charge in [-0.15, -0.1) is 0 Å². The third-order valence-electron chi connectivity index (χ3n) is 14.6. The number of anilines is 2. The molecule has 5 aromatic heterocycles. The number of ether oxygens (including phenoxy) is 4. The number of benzene rings is 5. The van der Waals surface area contributed by atoms with Crippen molar-refractivity contribution in [1.29, 1.82) is 0 Å². The Kier molecular flexibility index (Phi) is 33.4. The van der Waals surface area contributed by atoms with Crippen molar-refractivity contribution in [3.05, 3.63) is 220 Å². The van der Waals surface area contributed by atoms with Crippen LogP contribution in [0.15, 0.2) is 139 Å². The van der Waals surface area contributed by atoms with Gasteiger partial charge in [-0.2, -0.15) is 9.97 Å². The number of hydrogen-bond acceptors (Lipinski definition) is 18. The monoisotopic (exact) mass is 1920 g/mol. The van der Waals surface area contributed by atoms with E-state index in [-0.39, 0.29) is 64.2 Å². The van der Waals surface area contributed by atoms with Gasteiger partial charge in [0.25, 0.3) is 0 Å². The summed E-state index contributed by atoms with van der Waals surface area (Å²) in [6, 6.07) is 38.6. The molecule has 1 aliphatic rings. The third-order valence-corrected chi connectivity index (χ3v) is 18.2. The zero-order valence-electron chi connectivity index (χ0n) is 57.7. The van der Waals surface area contributed by atoms with Gasteiger partial charge in [-0.05, 0) is 133 Å². The molecule has 6 heterocycles. The molecule has 11 rings (SSSR count). The molecule has 0 unspecified atom stereocenters. The summed E-state index contributed by atoms with van der Waals surface area (Å²) < 4.78 is 10.9. The molecule has 5 aromatic carbocycles. The number of para-hydroxylation sites is 3. The molecule has 0 spiro atoms. The second kappa shape index (κ2) is 40.4. The Bertz CT molecular complexity index is 4880. The molecule has 0 amide bonds. The minimum absolute atomic E-state index is 0.0132. The minimum atomic E-state index is -1.93. The fourth-order valence-corrected chi connectivity index (χ4v) is 11.4. The highest BCUT2D eigenvalue weighted by molar-refractivity contribution is 6.69. The second-order valence-electron chi connectivity index (χ2n) is 22.5. The average Bonchev–Trinajstić information content (AvgIpc) is 1.63. The first-order valence-corrected chi connectivity index (χ1v) is 39.9. The van der Waals surface area contributed by atoms with Gasteiger partial charge in [-0.1, -0.05) is 336 Å². The highest BCUT2D eigenvalue weighted by Crippen LogP contribution is 2.45. The van der Waals surface area contributed by atoms with Crippen molar-refractivity contribution in [3.8, 4) is 34.3 Å². The molecule has 111 heavy (non-hydrogen) atoms. The average molecular weight is 1930 g/mol. The fourth-order valence-electron chi connectivity index (χ4n) is 9.61. The standard InChI is InChI=1S/C23H16Cl6N4O.C18H17Cl6N3O.C17H12Cl6N4O.C13H11Cl3N4O/c1-33-17-6-4-3-5-15(17)16(19(33)13-7-9-14(34-2)10-8-13)11-12-18-30-20(22(24,25)26)32-21(31-18)23(27,28)29;1-2-3-4-11-28-13-8-5-12(6-9-13)7-10-14-25-15(17(19,20)21)27-16(26-14)18(22,23)24;1-2-27-10-6-3-4-7-11(10)28-13(27)9-5-8-12-24-14(16(18,19)20)26-15(25-12)17(21,22)23;1-21-9-5-2-8(3-6-9)4-7-10-18-11(13(14,15)16)20-12(17)19-10/h3-12H,1-2H3;5-10H,2-4,11H2,1H3;3-9H,2H2,1H3;2-7H,1H3,(H2,17,18,19,20). The number of allylic oxidation sites excluding steroid dienone is 2. The SMILES string of the molecule is CCCCCOc1ccc(C=Cc2nc(C(Cl)(Cl)Cl)nc(C(Cl)(Cl)Cl)n2)cc1.CCN1C(=CC=Cc2nc(C(Cl)(Cl)Cl)nc(C(Cl)(Cl)Cl)n2)Oc2ccccc21.COc1ccc(-c2c(C=Cc3nc(C(Cl)(Cl)Cl)nc(C(Cl)(Cl)Cl)n3)c3ccccc3n2C)cc1.COc1ccc(C=Cc2nc(N)nc(C(Cl)(Cl)Cl)n2)cc1. The Morgan fingerprint density at radius 3 is 1.23 bits per heavy atom. The molecule has 0 aliphatic carbocycles. The Balaban J connectivity index is 0.000000188. The lowest BCUT2D eigenvalue weighted by atomic mass is 10.0. The van der Waals surface area contributed by atoms with E-state index < -0.39 is 26.5 Å². The zero-order valence-corrected chi connectivity index (χ0v) is 73.6. The van der Waals surface area contributed by atoms with E-state index in [0.29, 0.717) is 18.3 Å². The van der Waals surface area contributed by atoms with Crippen LogP contribution >= 0.6 is 244 Å². The number of aryl methyl sites for hydroxylation is 1. The molecule has 0 fully saturated rings. The van der Waals surface area contributed by atoms with E-state index in [2.05, 4.69) is 71.3 Å². The van der Waals surface area contributed by atoms with E-state index in [4.69, 9.17) is 268 Å². The number of nitrogens with two attached hydrogens (primary N) is 1. The van der Waals surface area contributed by atoms with Crippen molar-refractivity contribution in [2.75, 3.05) is 38.0 Å². The largest absolute Gasteiger partial charge is 0.497 e. The molecule has 40 heteroatoms. The van der Waals surface area contributed by atoms with Crippen molar-refractivity contribution in [2.24, 2.45) is 7.05 Å². The molecule has 0 bridgehead atoms. The van der Waals surface area contributed by atoms with Crippen LogP contribution in [0.2, 0.25) is 0 Å². The predicted molar refractivity (Wildman–Crippen MR) is 462 cm³/mol. The molecule has 0 saturated heterocycles. The molecular formula is C71H56Cl21N15O4. The first kappa shape index (κ1) is 91.8. The van der Waals surface area contributed by atoms with Gasteiger partial charge in [0, 0.05) is 30.1 Å². The quantitative estimate of drug-likeness (QED) is 0.0660. The zero-order chi connectivity index (χ0) is 81.4. The Morgan fingerprint density at radius 2 is 0.802 bits per heavy atom. The van der Waals surface area contributed by atoms with Crippen molar-refractivity contribution >= 4 is 309 Å². The van der Waals surface area contributed by atoms with Crippen LogP contribution in [0.4, 0.5) is 11.6 Å². The molecule has 0 saturated carbocycles. The number of alkyl halides is 21. The van der Waals surface area contributed by atoms with Gasteiger partial charge in [0.15, 0.2) is 69.8 Å².